The lowest BCUT2D eigenvalue weighted by atomic mass is 9.67. The van der Waals surface area contributed by atoms with Crippen LogP contribution in [0.15, 0.2) is 534 Å². The third-order valence-electron chi connectivity index (χ3n) is 29.8. The van der Waals surface area contributed by atoms with E-state index in [2.05, 4.69) is 544 Å². The quantitative estimate of drug-likeness (QED) is 0.0896. The van der Waals surface area contributed by atoms with Crippen molar-refractivity contribution in [2.75, 3.05) is 9.80 Å². The molecule has 4 aliphatic rings. The molecule has 0 amide bonds. The zero-order valence-electron chi connectivity index (χ0n) is 73.7. The van der Waals surface area contributed by atoms with Crippen molar-refractivity contribution in [1.82, 2.24) is 0 Å². The molecule has 0 atom stereocenters. The molecule has 0 heterocycles. The van der Waals surface area contributed by atoms with E-state index in [0.29, 0.717) is 0 Å². The number of hydrogen-bond donors (Lipinski definition) is 0. The molecule has 0 unspecified atom stereocenters. The molecule has 0 saturated heterocycles. The molecule has 0 N–H and O–H groups in total. The molecule has 0 aliphatic heterocycles. The molecule has 22 aromatic carbocycles. The zero-order valence-corrected chi connectivity index (χ0v) is 73.7. The molecule has 134 heavy (non-hydrogen) atoms. The predicted octanol–water partition coefficient (Wildman–Crippen LogP) is 33.4. The van der Waals surface area contributed by atoms with Crippen molar-refractivity contribution in [2.45, 2.75) is 21.7 Å². The van der Waals surface area contributed by atoms with Gasteiger partial charge in [0.25, 0.3) is 0 Å². The van der Waals surface area contributed by atoms with E-state index < -0.39 is 21.7 Å². The Morgan fingerprint density at radius 3 is 0.769 bits per heavy atom. The van der Waals surface area contributed by atoms with Gasteiger partial charge in [-0.2, -0.15) is 0 Å². The lowest BCUT2D eigenvalue weighted by Crippen LogP contribution is -2.29. The van der Waals surface area contributed by atoms with Gasteiger partial charge >= 0.3 is 0 Å². The first-order valence-electron chi connectivity index (χ1n) is 46.7. The van der Waals surface area contributed by atoms with Crippen molar-refractivity contribution in [2.24, 2.45) is 0 Å². The average Bonchev–Trinajstić information content (AvgIpc) is 1.54. The van der Waals surface area contributed by atoms with E-state index in [0.717, 1.165) is 56.4 Å². The number of anilines is 6. The summed E-state index contributed by atoms with van der Waals surface area (Å²) in [5.74, 6) is 0. The minimum Gasteiger partial charge on any atom is -0.310 e. The maximum absolute atomic E-state index is 2.52. The lowest BCUT2D eigenvalue weighted by Gasteiger charge is -2.35. The van der Waals surface area contributed by atoms with Gasteiger partial charge in [0.15, 0.2) is 0 Å². The molecule has 2 nitrogen and oxygen atoms in total. The van der Waals surface area contributed by atoms with Gasteiger partial charge in [-0.1, -0.05) is 443 Å². The van der Waals surface area contributed by atoms with Crippen LogP contribution in [0.2, 0.25) is 0 Å². The van der Waals surface area contributed by atoms with Crippen LogP contribution in [-0.2, 0) is 21.7 Å². The maximum atomic E-state index is 2.52. The normalized spacial score (nSPS) is 13.8. The molecule has 22 aromatic rings. The molecule has 0 bridgehead atoms. The van der Waals surface area contributed by atoms with Crippen LogP contribution < -0.4 is 9.80 Å². The second kappa shape index (κ2) is 31.4. The van der Waals surface area contributed by atoms with Crippen molar-refractivity contribution in [3.8, 4) is 77.9 Å². The minimum absolute atomic E-state index is 0.545. The third-order valence-corrected chi connectivity index (χ3v) is 29.8. The number of benzene rings is 22. The van der Waals surface area contributed by atoms with E-state index in [9.17, 15) is 0 Å². The van der Waals surface area contributed by atoms with Gasteiger partial charge in [-0.25, -0.2) is 0 Å². The van der Waals surface area contributed by atoms with Gasteiger partial charge in [0.1, 0.15) is 0 Å². The largest absolute Gasteiger partial charge is 0.310 e. The molecule has 0 fully saturated rings. The van der Waals surface area contributed by atoms with E-state index in [1.807, 2.05) is 0 Å². The first-order chi connectivity index (χ1) is 66.4. The van der Waals surface area contributed by atoms with Gasteiger partial charge < -0.3 is 9.80 Å². The summed E-state index contributed by atoms with van der Waals surface area (Å²) in [5.41, 5.74) is 40.8. The molecular weight excluding hydrogens is 1610 g/mol. The highest BCUT2D eigenvalue weighted by molar-refractivity contribution is 6.01. The highest BCUT2D eigenvalue weighted by atomic mass is 15.1. The van der Waals surface area contributed by atoms with E-state index in [-0.39, 0.29) is 0 Å². The van der Waals surface area contributed by atoms with E-state index in [1.54, 1.807) is 0 Å². The fourth-order valence-corrected chi connectivity index (χ4v) is 24.1. The van der Waals surface area contributed by atoms with Crippen LogP contribution in [0.4, 0.5) is 34.1 Å². The Morgan fingerprint density at radius 1 is 0.119 bits per heavy atom. The molecule has 0 saturated carbocycles. The Bertz CT molecular complexity index is 8160. The van der Waals surface area contributed by atoms with Gasteiger partial charge in [0.2, 0.25) is 0 Å². The fourth-order valence-electron chi connectivity index (χ4n) is 24.1. The molecule has 26 rings (SSSR count). The van der Waals surface area contributed by atoms with Gasteiger partial charge in [-0.05, 0) is 279 Å². The SMILES string of the molecule is c1ccc(C2(c3ccccc3)c3ccccc3-c3cc(N(c4ccc(-c5ccc6cc(-c7ccc8c(c7)-c7ccc(N(c9ccc(-c%10cccc%11ccccc%10%11)cc9)c9ccc%10c(c9)-c9ccccc9C%10(c9ccccc9)c9ccccc9)cc7C8(c7ccccc7)c7ccccc7)ccc6c5)cc4)c4ccc5c(c4)C(c4ccccc4)(c4ccccc4)c4ccccc4-5)ccc32)cc1. The summed E-state index contributed by atoms with van der Waals surface area (Å²) in [4.78, 5) is 5.01. The highest BCUT2D eigenvalue weighted by Gasteiger charge is 2.51. The Labute approximate surface area is 782 Å². The topological polar surface area (TPSA) is 6.48 Å². The van der Waals surface area contributed by atoms with Crippen molar-refractivity contribution >= 4 is 55.7 Å². The summed E-state index contributed by atoms with van der Waals surface area (Å²) in [6.07, 6.45) is 0. The van der Waals surface area contributed by atoms with Crippen molar-refractivity contribution < 1.29 is 0 Å². The molecule has 0 aromatic heterocycles. The summed E-state index contributed by atoms with van der Waals surface area (Å²) >= 11 is 0. The number of hydrogen-bond acceptors (Lipinski definition) is 2. The van der Waals surface area contributed by atoms with Crippen molar-refractivity contribution in [1.29, 1.82) is 0 Å². The summed E-state index contributed by atoms with van der Waals surface area (Å²) in [7, 11) is 0. The number of rotatable bonds is 17. The second-order valence-electron chi connectivity index (χ2n) is 36.3. The molecule has 626 valence electrons. The van der Waals surface area contributed by atoms with Gasteiger partial charge in [0.05, 0.1) is 21.7 Å². The van der Waals surface area contributed by atoms with Crippen LogP contribution >= 0.6 is 0 Å². The molecule has 0 radical (unpaired) electrons. The average molecular weight is 1700 g/mol. The molecule has 2 heteroatoms. The lowest BCUT2D eigenvalue weighted by molar-refractivity contribution is 0.768. The Morgan fingerprint density at radius 2 is 0.366 bits per heavy atom. The standard InChI is InChI=1S/C132H88N2/c1-9-36-97(37-10-1)129(98-38-11-2-12-39-98)122-58-31-28-54-114(122)119-85-107(75-80-125(119)129)133(109-73-77-116-113-53-27-30-57-121(113)131(127(116)87-109,101-44-17-5-18-45-101)102-46-19-6-20-47-102)105-69-64-89(65-70-105)92-60-61-94-83-95(63-62-93(94)82-92)96-68-79-124-118(84-96)117-78-74-110(88-128(117)132(124,103-48-21-7-22-49-103)104-50-23-8-24-51-104)134(106-71-66-91(67-72-106)112-56-33-35-90-34-25-26-52-111(90)112)108-76-81-126-120(86-108)115-55-29-32-59-123(115)130(126,99-40-13-3-14-41-99)100-42-15-4-16-43-100/h1-88H. The summed E-state index contributed by atoms with van der Waals surface area (Å²) in [5, 5.41) is 4.81. The molecule has 0 spiro atoms. The summed E-state index contributed by atoms with van der Waals surface area (Å²) in [6, 6.07) is 201. The third kappa shape index (κ3) is 11.8. The van der Waals surface area contributed by atoms with Crippen LogP contribution in [0.3, 0.4) is 0 Å². The smallest absolute Gasteiger partial charge is 0.0714 e. The zero-order chi connectivity index (χ0) is 88.5. The van der Waals surface area contributed by atoms with Crippen LogP contribution in [0.1, 0.15) is 89.0 Å². The van der Waals surface area contributed by atoms with Crippen LogP contribution in [0.25, 0.3) is 99.4 Å². The van der Waals surface area contributed by atoms with Gasteiger partial charge in [-0.3, -0.25) is 0 Å². The van der Waals surface area contributed by atoms with E-state index >= 15 is 0 Å². The van der Waals surface area contributed by atoms with Crippen molar-refractivity contribution in [3.05, 3.63) is 623 Å². The van der Waals surface area contributed by atoms with Crippen LogP contribution in [0.5, 0.6) is 0 Å². The second-order valence-corrected chi connectivity index (χ2v) is 36.3. The Balaban J connectivity index is 0.590. The monoisotopic (exact) mass is 1700 g/mol. The summed E-state index contributed by atoms with van der Waals surface area (Å²) in [6.45, 7) is 0. The minimum atomic E-state index is -0.704. The summed E-state index contributed by atoms with van der Waals surface area (Å²) < 4.78 is 0. The maximum Gasteiger partial charge on any atom is 0.0714 e. The van der Waals surface area contributed by atoms with E-state index in [1.165, 1.54) is 166 Å². The van der Waals surface area contributed by atoms with Crippen LogP contribution in [0, 0.1) is 0 Å². The number of fused-ring (bicyclic) bond motifs is 14. The van der Waals surface area contributed by atoms with Crippen LogP contribution in [-0.4, -0.2) is 0 Å². The number of nitrogens with zero attached hydrogens (tertiary/aromatic N) is 2. The molecular formula is C132H88N2. The van der Waals surface area contributed by atoms with Gasteiger partial charge in [-0.15, -0.1) is 0 Å². The molecule has 4 aliphatic carbocycles. The van der Waals surface area contributed by atoms with Gasteiger partial charge in [0, 0.05) is 34.1 Å². The first kappa shape index (κ1) is 78.0. The fraction of sp³-hybridized carbons (Fsp3) is 0.0303. The highest BCUT2D eigenvalue weighted by Crippen LogP contribution is 2.64. The first-order valence-corrected chi connectivity index (χ1v) is 46.7. The van der Waals surface area contributed by atoms with Crippen molar-refractivity contribution in [3.63, 3.8) is 0 Å². The predicted molar refractivity (Wildman–Crippen MR) is 556 cm³/mol. The Kier molecular flexibility index (Phi) is 18.3. The Hall–Kier alpha value is -17.0. The van der Waals surface area contributed by atoms with E-state index in [4.69, 9.17) is 0 Å².